The van der Waals surface area contributed by atoms with E-state index in [1.165, 1.54) is 0 Å². The molecular formula is C9H9N5O5. The summed E-state index contributed by atoms with van der Waals surface area (Å²) in [6, 6.07) is 0. The Labute approximate surface area is 103 Å². The number of carboxylic acid groups (broad SMARTS) is 1. The lowest BCUT2D eigenvalue weighted by molar-refractivity contribution is -0.138. The molecule has 100 valence electrons. The van der Waals surface area contributed by atoms with Gasteiger partial charge in [-0.3, -0.25) is 34.7 Å². The second-order valence-corrected chi connectivity index (χ2v) is 3.66. The molecule has 0 saturated carbocycles. The van der Waals surface area contributed by atoms with Crippen molar-refractivity contribution >= 4 is 29.0 Å². The number of anilines is 1. The molecule has 0 aliphatic heterocycles. The van der Waals surface area contributed by atoms with E-state index >= 15 is 0 Å². The number of carbonyl (C=O) groups excluding carboxylic acids is 1. The Bertz CT molecular complexity index is 754. The summed E-state index contributed by atoms with van der Waals surface area (Å²) in [5.41, 5.74) is -1.25. The highest BCUT2D eigenvalue weighted by Gasteiger charge is 2.10. The van der Waals surface area contributed by atoms with Crippen LogP contribution in [0.2, 0.25) is 0 Å². The van der Waals surface area contributed by atoms with Gasteiger partial charge in [-0.05, 0) is 0 Å². The van der Waals surface area contributed by atoms with Crippen LogP contribution >= 0.6 is 0 Å². The number of imidazole rings is 1. The first-order valence-corrected chi connectivity index (χ1v) is 5.19. The molecule has 10 nitrogen and oxygen atoms in total. The van der Waals surface area contributed by atoms with Crippen LogP contribution in [0.5, 0.6) is 0 Å². The average molecular weight is 267 g/mol. The first-order valence-electron chi connectivity index (χ1n) is 5.19. The first-order chi connectivity index (χ1) is 8.95. The predicted octanol–water partition coefficient (Wildman–Crippen LogP) is -1.26. The van der Waals surface area contributed by atoms with Gasteiger partial charge in [0.05, 0.1) is 6.42 Å². The summed E-state index contributed by atoms with van der Waals surface area (Å²) in [5, 5.41) is 10.7. The summed E-state index contributed by atoms with van der Waals surface area (Å²) in [5.74, 6) is -1.88. The van der Waals surface area contributed by atoms with Gasteiger partial charge in [-0.1, -0.05) is 0 Å². The van der Waals surface area contributed by atoms with Crippen LogP contribution in [-0.4, -0.2) is 36.9 Å². The molecule has 10 heteroatoms. The number of aromatic amines is 3. The molecule has 2 aromatic rings. The van der Waals surface area contributed by atoms with Crippen molar-refractivity contribution in [3.8, 4) is 0 Å². The third kappa shape index (κ3) is 2.86. The Morgan fingerprint density at radius 3 is 2.58 bits per heavy atom. The second-order valence-electron chi connectivity index (χ2n) is 3.66. The van der Waals surface area contributed by atoms with Gasteiger partial charge in [0.2, 0.25) is 11.9 Å². The number of carbonyl (C=O) groups is 2. The number of aliphatic carboxylic acids is 1. The van der Waals surface area contributed by atoms with E-state index in [9.17, 15) is 19.2 Å². The maximum absolute atomic E-state index is 11.5. The standard InChI is InChI=1S/C9H9N5O5/c15-3(1-2-4(16)17)10-8-12-6-5(7(18)14-8)11-9(19)13-6/h1-2H2,(H,16,17)(H4,10,11,12,13,14,15,18,19). The number of H-pyrrole nitrogens is 3. The lowest BCUT2D eigenvalue weighted by atomic mass is 10.3. The van der Waals surface area contributed by atoms with Crippen LogP contribution < -0.4 is 16.6 Å². The number of fused-ring (bicyclic) bond motifs is 1. The smallest absolute Gasteiger partial charge is 0.325 e. The normalized spacial score (nSPS) is 10.5. The second kappa shape index (κ2) is 4.76. The van der Waals surface area contributed by atoms with Crippen molar-refractivity contribution in [3.63, 3.8) is 0 Å². The highest BCUT2D eigenvalue weighted by molar-refractivity contribution is 5.91. The average Bonchev–Trinajstić information content (AvgIpc) is 2.67. The Balaban J connectivity index is 2.21. The third-order valence-corrected chi connectivity index (χ3v) is 2.21. The van der Waals surface area contributed by atoms with Crippen molar-refractivity contribution < 1.29 is 14.7 Å². The predicted molar refractivity (Wildman–Crippen MR) is 62.8 cm³/mol. The molecule has 2 heterocycles. The molecule has 0 radical (unpaired) electrons. The molecule has 2 aromatic heterocycles. The van der Waals surface area contributed by atoms with Crippen molar-refractivity contribution in [1.82, 2.24) is 19.9 Å². The first kappa shape index (κ1) is 12.5. The van der Waals surface area contributed by atoms with Gasteiger partial charge in [-0.25, -0.2) is 4.79 Å². The molecule has 0 bridgehead atoms. The fourth-order valence-corrected chi connectivity index (χ4v) is 1.41. The minimum absolute atomic E-state index is 0.00212. The Hall–Kier alpha value is -2.91. The van der Waals surface area contributed by atoms with Gasteiger partial charge in [0.15, 0.2) is 11.2 Å². The molecule has 0 aromatic carbocycles. The molecule has 0 aliphatic rings. The number of carboxylic acids is 1. The highest BCUT2D eigenvalue weighted by atomic mass is 16.4. The molecule has 5 N–H and O–H groups in total. The molecule has 0 atom stereocenters. The minimum atomic E-state index is -1.11. The molecule has 19 heavy (non-hydrogen) atoms. The van der Waals surface area contributed by atoms with Crippen LogP contribution in [0.3, 0.4) is 0 Å². The number of nitrogens with one attached hydrogen (secondary N) is 4. The summed E-state index contributed by atoms with van der Waals surface area (Å²) in [6.45, 7) is 0. The van der Waals surface area contributed by atoms with E-state index in [-0.39, 0.29) is 30.0 Å². The largest absolute Gasteiger partial charge is 0.481 e. The number of rotatable bonds is 4. The number of amides is 1. The van der Waals surface area contributed by atoms with Crippen LogP contribution in [0.1, 0.15) is 12.8 Å². The van der Waals surface area contributed by atoms with E-state index in [4.69, 9.17) is 5.11 Å². The maximum atomic E-state index is 11.5. The molecule has 2 rings (SSSR count). The van der Waals surface area contributed by atoms with Gasteiger partial charge < -0.3 is 5.11 Å². The van der Waals surface area contributed by atoms with Gasteiger partial charge in [-0.15, -0.1) is 0 Å². The monoisotopic (exact) mass is 267 g/mol. The van der Waals surface area contributed by atoms with Crippen molar-refractivity contribution in [3.05, 3.63) is 20.8 Å². The van der Waals surface area contributed by atoms with E-state index < -0.39 is 23.1 Å². The zero-order chi connectivity index (χ0) is 14.0. The van der Waals surface area contributed by atoms with Gasteiger partial charge >= 0.3 is 11.7 Å². The minimum Gasteiger partial charge on any atom is -0.481 e. The molecule has 0 fully saturated rings. The number of hydrogen-bond acceptors (Lipinski definition) is 5. The lowest BCUT2D eigenvalue weighted by Crippen LogP contribution is -2.19. The Morgan fingerprint density at radius 2 is 1.89 bits per heavy atom. The van der Waals surface area contributed by atoms with Gasteiger partial charge in [0.25, 0.3) is 5.56 Å². The zero-order valence-electron chi connectivity index (χ0n) is 9.44. The van der Waals surface area contributed by atoms with Crippen molar-refractivity contribution in [2.45, 2.75) is 12.8 Å². The number of aromatic nitrogens is 4. The SMILES string of the molecule is O=C(O)CCC(=O)Nc1nc2[nH]c(=O)[nH]c2c(=O)[nH]1. The number of hydrogen-bond donors (Lipinski definition) is 5. The third-order valence-electron chi connectivity index (χ3n) is 2.21. The zero-order valence-corrected chi connectivity index (χ0v) is 9.44. The summed E-state index contributed by atoms with van der Waals surface area (Å²) in [4.78, 5) is 54.7. The van der Waals surface area contributed by atoms with Gasteiger partial charge in [-0.2, -0.15) is 4.98 Å². The fraction of sp³-hybridized carbons (Fsp3) is 0.222. The summed E-state index contributed by atoms with van der Waals surface area (Å²) < 4.78 is 0. The van der Waals surface area contributed by atoms with E-state index in [1.807, 2.05) is 0 Å². The summed E-state index contributed by atoms with van der Waals surface area (Å²) in [7, 11) is 0. The van der Waals surface area contributed by atoms with Crippen molar-refractivity contribution in [1.29, 1.82) is 0 Å². The molecule has 0 aliphatic carbocycles. The van der Waals surface area contributed by atoms with Crippen LogP contribution in [0.15, 0.2) is 9.59 Å². The van der Waals surface area contributed by atoms with Crippen LogP contribution in [0, 0.1) is 0 Å². The van der Waals surface area contributed by atoms with Crippen molar-refractivity contribution in [2.75, 3.05) is 5.32 Å². The van der Waals surface area contributed by atoms with Crippen molar-refractivity contribution in [2.24, 2.45) is 0 Å². The lowest BCUT2D eigenvalue weighted by Gasteiger charge is -2.02. The van der Waals surface area contributed by atoms with Gasteiger partial charge in [0.1, 0.15) is 0 Å². The summed E-state index contributed by atoms with van der Waals surface area (Å²) in [6.07, 6.45) is -0.583. The van der Waals surface area contributed by atoms with Gasteiger partial charge in [0, 0.05) is 6.42 Å². The van der Waals surface area contributed by atoms with Crippen LogP contribution in [-0.2, 0) is 9.59 Å². The molecule has 0 spiro atoms. The van der Waals surface area contributed by atoms with Crippen LogP contribution in [0.4, 0.5) is 5.95 Å². The highest BCUT2D eigenvalue weighted by Crippen LogP contribution is 2.02. The van der Waals surface area contributed by atoms with E-state index in [0.29, 0.717) is 0 Å². The number of nitrogens with zero attached hydrogens (tertiary/aromatic N) is 1. The fourth-order valence-electron chi connectivity index (χ4n) is 1.41. The molecule has 0 saturated heterocycles. The quantitative estimate of drug-likeness (QED) is 0.464. The Kier molecular flexibility index (Phi) is 3.14. The maximum Gasteiger partial charge on any atom is 0.325 e. The molecular weight excluding hydrogens is 258 g/mol. The molecule has 0 unspecified atom stereocenters. The Morgan fingerprint density at radius 1 is 1.16 bits per heavy atom. The molecule has 1 amide bonds. The topological polar surface area (TPSA) is 161 Å². The van der Waals surface area contributed by atoms with E-state index in [0.717, 1.165) is 0 Å². The van der Waals surface area contributed by atoms with Crippen LogP contribution in [0.25, 0.3) is 11.2 Å². The van der Waals surface area contributed by atoms with E-state index in [1.54, 1.807) is 0 Å². The van der Waals surface area contributed by atoms with E-state index in [2.05, 4.69) is 25.3 Å². The summed E-state index contributed by atoms with van der Waals surface area (Å²) >= 11 is 0.